The van der Waals surface area contributed by atoms with E-state index in [1.165, 1.54) is 19.6 Å². The summed E-state index contributed by atoms with van der Waals surface area (Å²) in [5, 5.41) is 0. The van der Waals surface area contributed by atoms with Gasteiger partial charge in [0.05, 0.1) is 5.60 Å². The van der Waals surface area contributed by atoms with Crippen LogP contribution in [-0.2, 0) is 13.6 Å². The van der Waals surface area contributed by atoms with Crippen molar-refractivity contribution in [2.75, 3.05) is 0 Å². The zero-order valence-electron chi connectivity index (χ0n) is 31.7. The van der Waals surface area contributed by atoms with Gasteiger partial charge in [0, 0.05) is 20.6 Å². The van der Waals surface area contributed by atoms with Crippen LogP contribution < -0.4 is 0 Å². The van der Waals surface area contributed by atoms with Gasteiger partial charge in [-0.25, -0.2) is 0 Å². The lowest BCUT2D eigenvalue weighted by Gasteiger charge is -2.48. The van der Waals surface area contributed by atoms with Gasteiger partial charge < -0.3 is 8.85 Å². The molecule has 2 aliphatic rings. The molecule has 0 bridgehead atoms. The number of allylic oxidation sites excluding steroid dienone is 1. The molecule has 0 saturated heterocycles. The third kappa shape index (κ3) is 8.72. The minimum absolute atomic E-state index is 0.0358. The van der Waals surface area contributed by atoms with Gasteiger partial charge >= 0.3 is 12.4 Å². The Labute approximate surface area is 253 Å². The molecule has 2 saturated carbocycles. The smallest absolute Gasteiger partial charge is 0.413 e. The predicted octanol–water partition coefficient (Wildman–Crippen LogP) is 10.2. The molecule has 240 valence electrons. The molecule has 0 aromatic carbocycles. The number of alkyl halides is 6. The molecule has 0 heterocycles. The summed E-state index contributed by atoms with van der Waals surface area (Å²) in [4.78, 5) is 12.9. The van der Waals surface area contributed by atoms with Crippen molar-refractivity contribution in [1.29, 1.82) is 0 Å². The van der Waals surface area contributed by atoms with Crippen LogP contribution in [0.2, 0.25) is 39.3 Å². The lowest BCUT2D eigenvalue weighted by Crippen LogP contribution is -2.61. The molecule has 0 spiro atoms. The average molecular weight is 637 g/mol. The highest BCUT2D eigenvalue weighted by Crippen LogP contribution is 2.62. The van der Waals surface area contributed by atoms with Gasteiger partial charge in [-0.1, -0.05) is 26.3 Å². The van der Waals surface area contributed by atoms with Crippen LogP contribution in [0.5, 0.6) is 0 Å². The quantitative estimate of drug-likeness (QED) is 0.121. The molecule has 0 amide bonds. The Morgan fingerprint density at radius 2 is 1.51 bits per heavy atom. The molecule has 2 fully saturated rings. The van der Waals surface area contributed by atoms with Gasteiger partial charge in [0.2, 0.25) is 0 Å². The van der Waals surface area contributed by atoms with Crippen LogP contribution in [0.1, 0.15) is 93.6 Å². The fourth-order valence-electron chi connectivity index (χ4n) is 7.29. The number of fused-ring (bicyclic) bond motifs is 1. The second kappa shape index (κ2) is 12.0. The first-order chi connectivity index (χ1) is 20.7. The summed E-state index contributed by atoms with van der Waals surface area (Å²) in [6.45, 7) is 6.30. The van der Waals surface area contributed by atoms with Crippen molar-refractivity contribution in [2.45, 2.75) is 148 Å². The summed E-state index contributed by atoms with van der Waals surface area (Å²) in [5.74, 6) is -0.530. The van der Waals surface area contributed by atoms with E-state index in [1.807, 2.05) is 6.92 Å². The standard InChI is InChI=1S/C30H52F6O3Si2/c1-25(2,38-40(5,6)7)17-12-18-26(3,24-16-15-22-23(37)14-11-20-27(22,24)4)19-13-21-28(29(31,32)33,30(34,35)36)39-41(8,9)10/h13,21-22,24H,11-12,14-20H2,1-10H3/b21-13-/t22?,24-,26?,27+/m1/s1/i1D3,2D3. The molecule has 2 unspecified atom stereocenters. The van der Waals surface area contributed by atoms with E-state index in [2.05, 4.69) is 0 Å². The highest BCUT2D eigenvalue weighted by atomic mass is 28.4. The highest BCUT2D eigenvalue weighted by Gasteiger charge is 2.71. The van der Waals surface area contributed by atoms with Gasteiger partial charge in [0.15, 0.2) is 16.6 Å². The first-order valence-corrected chi connectivity index (χ1v) is 21.2. The van der Waals surface area contributed by atoms with Crippen LogP contribution in [0.4, 0.5) is 26.3 Å². The molecule has 41 heavy (non-hydrogen) atoms. The molecule has 4 atom stereocenters. The van der Waals surface area contributed by atoms with Crippen LogP contribution in [0.15, 0.2) is 12.2 Å². The topological polar surface area (TPSA) is 35.5 Å². The van der Waals surface area contributed by atoms with E-state index >= 15 is 0 Å². The van der Waals surface area contributed by atoms with E-state index in [1.54, 1.807) is 26.6 Å². The number of halogens is 6. The average Bonchev–Trinajstić information content (AvgIpc) is 3.17. The molecule has 0 aliphatic heterocycles. The molecule has 11 heteroatoms. The lowest BCUT2D eigenvalue weighted by atomic mass is 9.56. The van der Waals surface area contributed by atoms with Crippen molar-refractivity contribution in [3.8, 4) is 0 Å². The van der Waals surface area contributed by atoms with Crippen molar-refractivity contribution in [2.24, 2.45) is 22.7 Å². The van der Waals surface area contributed by atoms with Crippen LogP contribution in [0.3, 0.4) is 0 Å². The van der Waals surface area contributed by atoms with E-state index < -0.39 is 71.1 Å². The van der Waals surface area contributed by atoms with Gasteiger partial charge in [-0.05, 0) is 121 Å². The van der Waals surface area contributed by atoms with Crippen molar-refractivity contribution in [3.05, 3.63) is 12.2 Å². The van der Waals surface area contributed by atoms with E-state index in [0.717, 1.165) is 6.08 Å². The number of hydrogen-bond acceptors (Lipinski definition) is 3. The first-order valence-electron chi connectivity index (χ1n) is 17.4. The Morgan fingerprint density at radius 3 is 2.00 bits per heavy atom. The van der Waals surface area contributed by atoms with E-state index in [-0.39, 0.29) is 43.0 Å². The summed E-state index contributed by atoms with van der Waals surface area (Å²) < 4.78 is 146. The minimum Gasteiger partial charge on any atom is -0.413 e. The number of carbonyl (C=O) groups is 1. The molecular formula is C30H52F6O3Si2. The molecule has 2 aliphatic carbocycles. The normalized spacial score (nSPS) is 29.7. The minimum atomic E-state index is -5.81. The van der Waals surface area contributed by atoms with Crippen LogP contribution in [0.25, 0.3) is 0 Å². The Kier molecular flexibility index (Phi) is 8.17. The van der Waals surface area contributed by atoms with Crippen LogP contribution >= 0.6 is 0 Å². The Hall–Kier alpha value is -0.656. The number of ketones is 1. The van der Waals surface area contributed by atoms with Gasteiger partial charge in [0.25, 0.3) is 5.60 Å². The predicted molar refractivity (Wildman–Crippen MR) is 157 cm³/mol. The van der Waals surface area contributed by atoms with Crippen molar-refractivity contribution in [1.82, 2.24) is 0 Å². The molecule has 0 radical (unpaired) electrons. The SMILES string of the molecule is [2H]C([2H])([2H])C(CCCC(C)(C/C=C\C(O[Si](C)(C)C)(C(F)(F)F)C(F)(F)F)[C@H]1CCC2C(=O)CCC[C@@]21C)(O[Si](C)(C)C)C([2H])([2H])[2H]. The third-order valence-electron chi connectivity index (χ3n) is 8.71. The van der Waals surface area contributed by atoms with Crippen molar-refractivity contribution in [3.63, 3.8) is 0 Å². The monoisotopic (exact) mass is 636 g/mol. The summed E-state index contributed by atoms with van der Waals surface area (Å²) in [6.07, 6.45) is -8.65. The maximum Gasteiger partial charge on any atom is 0.429 e. The van der Waals surface area contributed by atoms with Gasteiger partial charge in [-0.3, -0.25) is 4.79 Å². The molecule has 0 aromatic rings. The second-order valence-corrected chi connectivity index (χ2v) is 23.5. The third-order valence-corrected chi connectivity index (χ3v) is 10.6. The summed E-state index contributed by atoms with van der Waals surface area (Å²) in [5.41, 5.74) is -8.64. The molecule has 0 aromatic heterocycles. The van der Waals surface area contributed by atoms with E-state index in [4.69, 9.17) is 17.1 Å². The van der Waals surface area contributed by atoms with Gasteiger partial charge in [-0.2, -0.15) is 26.3 Å². The Bertz CT molecular complexity index is 1120. The largest absolute Gasteiger partial charge is 0.429 e. The van der Waals surface area contributed by atoms with E-state index in [9.17, 15) is 31.1 Å². The van der Waals surface area contributed by atoms with E-state index in [0.29, 0.717) is 32.1 Å². The Balaban J connectivity index is 2.65. The zero-order valence-corrected chi connectivity index (χ0v) is 27.7. The molecule has 3 nitrogen and oxygen atoms in total. The number of carbonyl (C=O) groups excluding carboxylic acids is 1. The maximum absolute atomic E-state index is 14.3. The summed E-state index contributed by atoms with van der Waals surface area (Å²) in [7, 11) is -6.19. The fourth-order valence-corrected chi connectivity index (χ4v) is 9.70. The summed E-state index contributed by atoms with van der Waals surface area (Å²) >= 11 is 0. The van der Waals surface area contributed by atoms with Crippen LogP contribution in [-0.4, -0.2) is 46.0 Å². The van der Waals surface area contributed by atoms with Gasteiger partial charge in [0.1, 0.15) is 5.78 Å². The Morgan fingerprint density at radius 1 is 0.951 bits per heavy atom. The number of rotatable bonds is 12. The zero-order chi connectivity index (χ0) is 36.9. The highest BCUT2D eigenvalue weighted by molar-refractivity contribution is 6.70. The number of hydrogen-bond donors (Lipinski definition) is 0. The fraction of sp³-hybridized carbons (Fsp3) is 0.900. The maximum atomic E-state index is 14.3. The van der Waals surface area contributed by atoms with Gasteiger partial charge in [-0.15, -0.1) is 0 Å². The number of Topliss-reactive ketones (excluding diaryl/α,β-unsaturated/α-hetero) is 1. The first kappa shape index (κ1) is 27.9. The molecular weight excluding hydrogens is 578 g/mol. The molecule has 2 rings (SSSR count). The van der Waals surface area contributed by atoms with Crippen molar-refractivity contribution >= 4 is 22.4 Å². The van der Waals surface area contributed by atoms with Crippen molar-refractivity contribution < 1.29 is 48.2 Å². The lowest BCUT2D eigenvalue weighted by molar-refractivity contribution is -0.340. The van der Waals surface area contributed by atoms with Crippen LogP contribution in [0, 0.1) is 22.7 Å². The summed E-state index contributed by atoms with van der Waals surface area (Å²) in [6, 6.07) is 0. The molecule has 0 N–H and O–H groups in total. The second-order valence-electron chi connectivity index (χ2n) is 14.6.